The van der Waals surface area contributed by atoms with E-state index in [9.17, 15) is 9.59 Å². The van der Waals surface area contributed by atoms with Crippen molar-refractivity contribution in [2.75, 3.05) is 18.1 Å². The van der Waals surface area contributed by atoms with Crippen LogP contribution in [-0.4, -0.2) is 41.3 Å². The lowest BCUT2D eigenvalue weighted by Crippen LogP contribution is -2.27. The van der Waals surface area contributed by atoms with Gasteiger partial charge in [-0.2, -0.15) is 0 Å². The molecule has 0 saturated carbocycles. The third kappa shape index (κ3) is 2.42. The summed E-state index contributed by atoms with van der Waals surface area (Å²) in [5.74, 6) is -0.615. The Labute approximate surface area is 102 Å². The van der Waals surface area contributed by atoms with Crippen molar-refractivity contribution in [1.29, 1.82) is 0 Å². The number of carbonyl (C=O) groups excluding carboxylic acids is 2. The van der Waals surface area contributed by atoms with Crippen LogP contribution in [0.25, 0.3) is 0 Å². The van der Waals surface area contributed by atoms with Crippen molar-refractivity contribution in [3.05, 3.63) is 5.01 Å². The van der Waals surface area contributed by atoms with E-state index in [1.807, 2.05) is 0 Å². The van der Waals surface area contributed by atoms with Crippen LogP contribution in [0.3, 0.4) is 0 Å². The molecule has 1 amide bonds. The van der Waals surface area contributed by atoms with Crippen LogP contribution in [0.2, 0.25) is 0 Å². The number of hydrogen-bond donors (Lipinski definition) is 1. The molecule has 1 aromatic rings. The van der Waals surface area contributed by atoms with Gasteiger partial charge in [-0.05, 0) is 6.92 Å². The average molecular weight is 256 g/mol. The second kappa shape index (κ2) is 4.76. The Bertz CT molecular complexity index is 447. The third-order valence-corrected chi connectivity index (χ3v) is 3.18. The van der Waals surface area contributed by atoms with E-state index >= 15 is 0 Å². The molecule has 1 atom stereocenters. The lowest BCUT2D eigenvalue weighted by atomic mass is 10.3. The van der Waals surface area contributed by atoms with E-state index in [0.717, 1.165) is 11.3 Å². The van der Waals surface area contributed by atoms with E-state index in [0.29, 0.717) is 18.1 Å². The summed E-state index contributed by atoms with van der Waals surface area (Å²) in [4.78, 5) is 24.4. The van der Waals surface area contributed by atoms with Crippen molar-refractivity contribution in [3.63, 3.8) is 0 Å². The van der Waals surface area contributed by atoms with Gasteiger partial charge < -0.3 is 10.5 Å². The second-order valence-electron chi connectivity index (χ2n) is 3.58. The van der Waals surface area contributed by atoms with Gasteiger partial charge in [0.25, 0.3) is 0 Å². The molecule has 1 saturated heterocycles. The van der Waals surface area contributed by atoms with E-state index < -0.39 is 5.97 Å². The largest absolute Gasteiger partial charge is 0.461 e. The molecule has 1 unspecified atom stereocenters. The highest BCUT2D eigenvalue weighted by Gasteiger charge is 2.31. The van der Waals surface area contributed by atoms with Gasteiger partial charge in [0.15, 0.2) is 0 Å². The summed E-state index contributed by atoms with van der Waals surface area (Å²) in [6.07, 6.45) is 0.300. The predicted molar refractivity (Wildman–Crippen MR) is 60.8 cm³/mol. The molecule has 2 heterocycles. The second-order valence-corrected chi connectivity index (χ2v) is 4.53. The van der Waals surface area contributed by atoms with Crippen LogP contribution in [0.1, 0.15) is 23.1 Å². The average Bonchev–Trinajstić information content (AvgIpc) is 2.85. The summed E-state index contributed by atoms with van der Waals surface area (Å²) >= 11 is 1.04. The number of nitrogens with zero attached hydrogens (tertiary/aromatic N) is 3. The maximum absolute atomic E-state index is 11.6. The van der Waals surface area contributed by atoms with Crippen molar-refractivity contribution in [3.8, 4) is 0 Å². The minimum atomic E-state index is -0.521. The Morgan fingerprint density at radius 3 is 3.00 bits per heavy atom. The lowest BCUT2D eigenvalue weighted by Gasteiger charge is -2.09. The standard InChI is InChI=1S/C9H12N4O3S/c1-2-16-8(15)7-11-12-9(17-7)13-4-5(10)3-6(13)14/h5H,2-4,10H2,1H3. The van der Waals surface area contributed by atoms with Gasteiger partial charge in [0.2, 0.25) is 16.0 Å². The molecule has 1 aliphatic rings. The number of carbonyl (C=O) groups is 2. The summed E-state index contributed by atoms with van der Waals surface area (Å²) in [6, 6.07) is -0.183. The zero-order valence-electron chi connectivity index (χ0n) is 9.25. The molecule has 2 N–H and O–H groups in total. The first-order valence-electron chi connectivity index (χ1n) is 5.18. The van der Waals surface area contributed by atoms with Gasteiger partial charge in [-0.25, -0.2) is 4.79 Å². The minimum Gasteiger partial charge on any atom is -0.461 e. The molecule has 0 spiro atoms. The number of aromatic nitrogens is 2. The number of nitrogens with two attached hydrogens (primary N) is 1. The zero-order valence-corrected chi connectivity index (χ0v) is 10.1. The molecule has 1 aromatic heterocycles. The van der Waals surface area contributed by atoms with Crippen LogP contribution in [0.5, 0.6) is 0 Å². The predicted octanol–water partition coefficient (Wildman–Crippen LogP) is -0.221. The first-order valence-corrected chi connectivity index (χ1v) is 6.00. The highest BCUT2D eigenvalue weighted by atomic mass is 32.1. The van der Waals surface area contributed by atoms with E-state index in [-0.39, 0.29) is 23.6 Å². The summed E-state index contributed by atoms with van der Waals surface area (Å²) < 4.78 is 4.79. The first kappa shape index (κ1) is 11.9. The number of rotatable bonds is 3. The van der Waals surface area contributed by atoms with Gasteiger partial charge >= 0.3 is 5.97 Å². The number of hydrogen-bond acceptors (Lipinski definition) is 7. The van der Waals surface area contributed by atoms with Crippen LogP contribution in [-0.2, 0) is 9.53 Å². The molecule has 0 aliphatic carbocycles. The fourth-order valence-corrected chi connectivity index (χ4v) is 2.29. The van der Waals surface area contributed by atoms with Crippen molar-refractivity contribution in [1.82, 2.24) is 10.2 Å². The number of anilines is 1. The topological polar surface area (TPSA) is 98.4 Å². The Balaban J connectivity index is 2.13. The van der Waals surface area contributed by atoms with Crippen LogP contribution in [0.4, 0.5) is 5.13 Å². The van der Waals surface area contributed by atoms with Crippen molar-refractivity contribution >= 4 is 28.3 Å². The highest BCUT2D eigenvalue weighted by molar-refractivity contribution is 7.17. The van der Waals surface area contributed by atoms with E-state index in [1.165, 1.54) is 4.90 Å². The van der Waals surface area contributed by atoms with Gasteiger partial charge in [-0.15, -0.1) is 10.2 Å². The SMILES string of the molecule is CCOC(=O)c1nnc(N2CC(N)CC2=O)s1. The molecule has 92 valence electrons. The molecular weight excluding hydrogens is 244 g/mol. The Morgan fingerprint density at radius 1 is 1.65 bits per heavy atom. The molecular formula is C9H12N4O3S. The Hall–Kier alpha value is -1.54. The normalized spacial score (nSPS) is 19.8. The molecule has 1 fully saturated rings. The van der Waals surface area contributed by atoms with Crippen molar-refractivity contribution < 1.29 is 14.3 Å². The first-order chi connectivity index (χ1) is 8.11. The highest BCUT2D eigenvalue weighted by Crippen LogP contribution is 2.24. The third-order valence-electron chi connectivity index (χ3n) is 2.25. The smallest absolute Gasteiger partial charge is 0.369 e. The molecule has 1 aliphatic heterocycles. The van der Waals surface area contributed by atoms with Gasteiger partial charge in [0, 0.05) is 19.0 Å². The summed E-state index contributed by atoms with van der Waals surface area (Å²) in [5, 5.41) is 8.04. The maximum Gasteiger partial charge on any atom is 0.369 e. The molecule has 0 bridgehead atoms. The van der Waals surface area contributed by atoms with Crippen LogP contribution in [0.15, 0.2) is 0 Å². The maximum atomic E-state index is 11.6. The fraction of sp³-hybridized carbons (Fsp3) is 0.556. The van der Waals surface area contributed by atoms with Crippen molar-refractivity contribution in [2.24, 2.45) is 5.73 Å². The molecule has 0 radical (unpaired) electrons. The number of amides is 1. The van der Waals surface area contributed by atoms with Crippen LogP contribution < -0.4 is 10.6 Å². The summed E-state index contributed by atoms with van der Waals surface area (Å²) in [5.41, 5.74) is 5.67. The number of ether oxygens (including phenoxy) is 1. The van der Waals surface area contributed by atoms with E-state index in [4.69, 9.17) is 10.5 Å². The van der Waals surface area contributed by atoms with Gasteiger partial charge in [0.05, 0.1) is 6.61 Å². The Morgan fingerprint density at radius 2 is 2.41 bits per heavy atom. The lowest BCUT2D eigenvalue weighted by molar-refractivity contribution is -0.117. The monoisotopic (exact) mass is 256 g/mol. The van der Waals surface area contributed by atoms with E-state index in [1.54, 1.807) is 6.92 Å². The fourth-order valence-electron chi connectivity index (χ4n) is 1.52. The zero-order chi connectivity index (χ0) is 12.4. The molecule has 7 nitrogen and oxygen atoms in total. The van der Waals surface area contributed by atoms with Gasteiger partial charge in [-0.3, -0.25) is 9.69 Å². The number of esters is 1. The van der Waals surface area contributed by atoms with Crippen LogP contribution in [0, 0.1) is 0 Å². The molecule has 17 heavy (non-hydrogen) atoms. The van der Waals surface area contributed by atoms with Crippen molar-refractivity contribution in [2.45, 2.75) is 19.4 Å². The quantitative estimate of drug-likeness (QED) is 0.751. The van der Waals surface area contributed by atoms with Gasteiger partial charge in [0.1, 0.15) is 0 Å². The minimum absolute atomic E-state index is 0.0935. The summed E-state index contributed by atoms with van der Waals surface area (Å²) in [7, 11) is 0. The van der Waals surface area contributed by atoms with Crippen LogP contribution >= 0.6 is 11.3 Å². The Kier molecular flexibility index (Phi) is 3.34. The van der Waals surface area contributed by atoms with E-state index in [2.05, 4.69) is 10.2 Å². The molecule has 2 rings (SSSR count). The molecule has 8 heteroatoms. The summed E-state index contributed by atoms with van der Waals surface area (Å²) in [6.45, 7) is 2.40. The van der Waals surface area contributed by atoms with Gasteiger partial charge in [-0.1, -0.05) is 11.3 Å². The molecule has 0 aromatic carbocycles.